The largest absolute Gasteiger partial charge is 0.394 e. The molecule has 2 aromatic rings. The maximum Gasteiger partial charge on any atom is 0.247 e. The van der Waals surface area contributed by atoms with E-state index in [2.05, 4.69) is 4.98 Å². The van der Waals surface area contributed by atoms with Crippen LogP contribution in [0.1, 0.15) is 24.0 Å². The van der Waals surface area contributed by atoms with Crippen molar-refractivity contribution in [2.45, 2.75) is 25.4 Å². The summed E-state index contributed by atoms with van der Waals surface area (Å²) in [6.45, 7) is 0.517. The molecule has 4 heteroatoms. The van der Waals surface area contributed by atoms with E-state index in [4.69, 9.17) is 0 Å². The van der Waals surface area contributed by atoms with Crippen molar-refractivity contribution in [3.63, 3.8) is 0 Å². The van der Waals surface area contributed by atoms with Crippen molar-refractivity contribution in [2.24, 2.45) is 5.92 Å². The lowest BCUT2D eigenvalue weighted by atomic mass is 10.1. The molecular weight excluding hydrogens is 300 g/mol. The van der Waals surface area contributed by atoms with E-state index in [1.807, 2.05) is 42.5 Å². The second-order valence-corrected chi connectivity index (χ2v) is 6.16. The van der Waals surface area contributed by atoms with Crippen molar-refractivity contribution in [3.05, 3.63) is 72.1 Å². The standard InChI is InChI=1S/C20H22N2O2/c23-15-19(18-9-10-18)22(14-17-5-2-1-3-6-17)20(24)11-8-16-7-4-12-21-13-16/h1-8,11-13,18-19,23H,9-10,14-15H2/b11-8+. The van der Waals surface area contributed by atoms with Gasteiger partial charge in [-0.2, -0.15) is 0 Å². The number of aliphatic hydroxyl groups excluding tert-OH is 1. The topological polar surface area (TPSA) is 53.4 Å². The average Bonchev–Trinajstić information content (AvgIpc) is 3.46. The summed E-state index contributed by atoms with van der Waals surface area (Å²) in [4.78, 5) is 18.6. The summed E-state index contributed by atoms with van der Waals surface area (Å²) < 4.78 is 0. The zero-order valence-corrected chi connectivity index (χ0v) is 13.6. The molecule has 1 heterocycles. The lowest BCUT2D eigenvalue weighted by Gasteiger charge is -2.30. The van der Waals surface area contributed by atoms with Crippen LogP contribution in [-0.4, -0.2) is 33.5 Å². The maximum atomic E-state index is 12.8. The summed E-state index contributed by atoms with van der Waals surface area (Å²) in [5.74, 6) is 0.336. The normalized spacial score (nSPS) is 15.4. The van der Waals surface area contributed by atoms with Gasteiger partial charge < -0.3 is 10.0 Å². The molecule has 1 amide bonds. The number of nitrogens with zero attached hydrogens (tertiary/aromatic N) is 2. The number of pyridine rings is 1. The molecule has 1 aliphatic rings. The van der Waals surface area contributed by atoms with Crippen LogP contribution in [0.25, 0.3) is 6.08 Å². The van der Waals surface area contributed by atoms with Crippen LogP contribution in [0.4, 0.5) is 0 Å². The van der Waals surface area contributed by atoms with Crippen LogP contribution in [0.2, 0.25) is 0 Å². The van der Waals surface area contributed by atoms with Gasteiger partial charge in [0.05, 0.1) is 12.6 Å². The van der Waals surface area contributed by atoms with Crippen molar-refractivity contribution in [2.75, 3.05) is 6.61 Å². The van der Waals surface area contributed by atoms with E-state index >= 15 is 0 Å². The molecule has 1 unspecified atom stereocenters. The van der Waals surface area contributed by atoms with Crippen LogP contribution in [0.3, 0.4) is 0 Å². The van der Waals surface area contributed by atoms with Gasteiger partial charge in [0.25, 0.3) is 0 Å². The molecule has 124 valence electrons. The lowest BCUT2D eigenvalue weighted by Crippen LogP contribution is -2.42. The third-order valence-electron chi connectivity index (χ3n) is 4.34. The summed E-state index contributed by atoms with van der Waals surface area (Å²) in [5.41, 5.74) is 1.96. The first-order valence-electron chi connectivity index (χ1n) is 8.31. The monoisotopic (exact) mass is 322 g/mol. The molecule has 0 bridgehead atoms. The van der Waals surface area contributed by atoms with Crippen molar-refractivity contribution in [3.8, 4) is 0 Å². The number of hydrogen-bond acceptors (Lipinski definition) is 3. The molecule has 4 nitrogen and oxygen atoms in total. The Bertz CT molecular complexity index is 681. The Morgan fingerprint density at radius 2 is 2.04 bits per heavy atom. The maximum absolute atomic E-state index is 12.8. The first-order valence-corrected chi connectivity index (χ1v) is 8.31. The fraction of sp³-hybridized carbons (Fsp3) is 0.300. The van der Waals surface area contributed by atoms with Crippen LogP contribution in [0.5, 0.6) is 0 Å². The number of carbonyl (C=O) groups is 1. The van der Waals surface area contributed by atoms with Gasteiger partial charge in [-0.05, 0) is 42.0 Å². The van der Waals surface area contributed by atoms with E-state index in [0.717, 1.165) is 24.0 Å². The van der Waals surface area contributed by atoms with Gasteiger partial charge in [-0.1, -0.05) is 36.4 Å². The predicted molar refractivity (Wildman–Crippen MR) is 93.9 cm³/mol. The van der Waals surface area contributed by atoms with E-state index in [1.165, 1.54) is 0 Å². The highest BCUT2D eigenvalue weighted by Crippen LogP contribution is 2.36. The Morgan fingerprint density at radius 3 is 2.67 bits per heavy atom. The number of hydrogen-bond donors (Lipinski definition) is 1. The minimum atomic E-state index is -0.115. The lowest BCUT2D eigenvalue weighted by molar-refractivity contribution is -0.130. The molecule has 3 rings (SSSR count). The molecule has 0 spiro atoms. The summed E-state index contributed by atoms with van der Waals surface area (Å²) in [5, 5.41) is 9.79. The molecule has 1 fully saturated rings. The summed E-state index contributed by atoms with van der Waals surface area (Å²) >= 11 is 0. The Kier molecular flexibility index (Phi) is 5.39. The van der Waals surface area contributed by atoms with Gasteiger partial charge in [0, 0.05) is 25.0 Å². The second-order valence-electron chi connectivity index (χ2n) is 6.16. The van der Waals surface area contributed by atoms with Gasteiger partial charge in [-0.3, -0.25) is 9.78 Å². The number of aromatic nitrogens is 1. The van der Waals surface area contributed by atoms with Crippen molar-refractivity contribution in [1.29, 1.82) is 0 Å². The highest BCUT2D eigenvalue weighted by Gasteiger charge is 2.36. The molecule has 0 aliphatic heterocycles. The van der Waals surface area contributed by atoms with Crippen LogP contribution in [-0.2, 0) is 11.3 Å². The Labute approximate surface area is 142 Å². The van der Waals surface area contributed by atoms with E-state index in [1.54, 1.807) is 29.4 Å². The Hall–Kier alpha value is -2.46. The minimum Gasteiger partial charge on any atom is -0.394 e. The summed E-state index contributed by atoms with van der Waals surface area (Å²) in [6, 6.07) is 13.5. The SMILES string of the molecule is O=C(/C=C/c1cccnc1)N(Cc1ccccc1)C(CO)C1CC1. The number of aliphatic hydroxyl groups is 1. The van der Waals surface area contributed by atoms with Crippen molar-refractivity contribution >= 4 is 12.0 Å². The molecule has 24 heavy (non-hydrogen) atoms. The molecule has 1 saturated carbocycles. The average molecular weight is 322 g/mol. The zero-order valence-electron chi connectivity index (χ0n) is 13.6. The van der Waals surface area contributed by atoms with Gasteiger partial charge in [-0.15, -0.1) is 0 Å². The minimum absolute atomic E-state index is 0.00394. The predicted octanol–water partition coefficient (Wildman–Crippen LogP) is 2.89. The fourth-order valence-electron chi connectivity index (χ4n) is 2.86. The first kappa shape index (κ1) is 16.4. The highest BCUT2D eigenvalue weighted by atomic mass is 16.3. The van der Waals surface area contributed by atoms with Crippen molar-refractivity contribution in [1.82, 2.24) is 9.88 Å². The molecule has 1 atom stereocenters. The number of rotatable bonds is 7. The van der Waals surface area contributed by atoms with Crippen molar-refractivity contribution < 1.29 is 9.90 Å². The van der Waals surface area contributed by atoms with E-state index in [9.17, 15) is 9.90 Å². The Balaban J connectivity index is 1.77. The molecule has 0 radical (unpaired) electrons. The molecule has 1 aliphatic carbocycles. The van der Waals surface area contributed by atoms with Gasteiger partial charge in [0.1, 0.15) is 0 Å². The van der Waals surface area contributed by atoms with Crippen LogP contribution in [0.15, 0.2) is 60.9 Å². The quantitative estimate of drug-likeness (QED) is 0.798. The number of amides is 1. The summed E-state index contributed by atoms with van der Waals surface area (Å²) in [7, 11) is 0. The van der Waals surface area contributed by atoms with Gasteiger partial charge in [0.15, 0.2) is 0 Å². The van der Waals surface area contributed by atoms with E-state index < -0.39 is 0 Å². The second kappa shape index (κ2) is 7.88. The smallest absolute Gasteiger partial charge is 0.247 e. The molecule has 1 aromatic carbocycles. The van der Waals surface area contributed by atoms with Gasteiger partial charge in [0.2, 0.25) is 5.91 Å². The van der Waals surface area contributed by atoms with Crippen LogP contribution >= 0.6 is 0 Å². The van der Waals surface area contributed by atoms with E-state index in [0.29, 0.717) is 12.5 Å². The molecule has 1 aromatic heterocycles. The van der Waals surface area contributed by atoms with Gasteiger partial charge >= 0.3 is 0 Å². The zero-order chi connectivity index (χ0) is 16.8. The fourth-order valence-corrected chi connectivity index (χ4v) is 2.86. The molecular formula is C20H22N2O2. The summed E-state index contributed by atoms with van der Waals surface area (Å²) in [6.07, 6.45) is 8.93. The number of carbonyl (C=O) groups excluding carboxylic acids is 1. The Morgan fingerprint density at radius 1 is 1.25 bits per heavy atom. The highest BCUT2D eigenvalue weighted by molar-refractivity contribution is 5.92. The third-order valence-corrected chi connectivity index (χ3v) is 4.34. The van der Waals surface area contributed by atoms with E-state index in [-0.39, 0.29) is 18.6 Å². The first-order chi connectivity index (χ1) is 11.8. The molecule has 0 saturated heterocycles. The third kappa shape index (κ3) is 4.30. The molecule has 1 N–H and O–H groups in total. The van der Waals surface area contributed by atoms with Crippen LogP contribution < -0.4 is 0 Å². The number of benzene rings is 1. The van der Waals surface area contributed by atoms with Gasteiger partial charge in [-0.25, -0.2) is 0 Å². The van der Waals surface area contributed by atoms with Crippen LogP contribution in [0, 0.1) is 5.92 Å².